The number of amides is 2. The van der Waals surface area contributed by atoms with Gasteiger partial charge in [-0.25, -0.2) is 13.2 Å². The van der Waals surface area contributed by atoms with Gasteiger partial charge in [-0.05, 0) is 17.7 Å². The van der Waals surface area contributed by atoms with Gasteiger partial charge in [0, 0.05) is 37.8 Å². The third-order valence-corrected chi connectivity index (χ3v) is 7.40. The molecule has 1 aliphatic rings. The number of alkyl halides is 3. The summed E-state index contributed by atoms with van der Waals surface area (Å²) in [7, 11) is -2.40. The Morgan fingerprint density at radius 1 is 1.23 bits per heavy atom. The molecule has 0 aliphatic carbocycles. The highest BCUT2D eigenvalue weighted by Gasteiger charge is 2.31. The SMILES string of the molecule is CN(Cc1ccc(C2=NCCN2C(=O)O)cc1)C(=O)/C=C/CNCS(=O)(=O)c1ccc(OC(F)(F)F)cc1Cl. The van der Waals surface area contributed by atoms with Crippen molar-refractivity contribution in [2.75, 3.05) is 32.6 Å². The summed E-state index contributed by atoms with van der Waals surface area (Å²) in [4.78, 5) is 30.1. The molecule has 15 heteroatoms. The number of likely N-dealkylation sites (N-methyl/N-ethyl adjacent to an activating group) is 1. The quantitative estimate of drug-likeness (QED) is 0.321. The number of aliphatic imine (C=N–C) groups is 1. The first-order chi connectivity index (χ1) is 18.3. The van der Waals surface area contributed by atoms with Crippen molar-refractivity contribution in [3.05, 3.63) is 70.8 Å². The molecule has 0 radical (unpaired) electrons. The molecule has 2 aromatic carbocycles. The molecule has 0 atom stereocenters. The lowest BCUT2D eigenvalue weighted by Gasteiger charge is -2.17. The van der Waals surface area contributed by atoms with Gasteiger partial charge in [0.1, 0.15) is 17.5 Å². The Balaban J connectivity index is 1.48. The third-order valence-electron chi connectivity index (χ3n) is 5.37. The Hall–Kier alpha value is -3.62. The predicted octanol–water partition coefficient (Wildman–Crippen LogP) is 3.51. The highest BCUT2D eigenvalue weighted by molar-refractivity contribution is 7.91. The summed E-state index contributed by atoms with van der Waals surface area (Å²) in [6.45, 7) is 0.989. The van der Waals surface area contributed by atoms with E-state index in [9.17, 15) is 36.3 Å². The van der Waals surface area contributed by atoms with Gasteiger partial charge in [0.15, 0.2) is 9.84 Å². The molecule has 2 aromatic rings. The molecule has 3 rings (SSSR count). The van der Waals surface area contributed by atoms with Crippen LogP contribution < -0.4 is 10.1 Å². The van der Waals surface area contributed by atoms with Crippen molar-refractivity contribution in [1.29, 1.82) is 0 Å². The molecule has 2 amide bonds. The molecular weight excluding hydrogens is 565 g/mol. The van der Waals surface area contributed by atoms with Gasteiger partial charge in [0.05, 0.1) is 23.0 Å². The molecule has 39 heavy (non-hydrogen) atoms. The molecule has 0 saturated carbocycles. The number of benzene rings is 2. The van der Waals surface area contributed by atoms with Gasteiger partial charge >= 0.3 is 12.5 Å². The number of sulfone groups is 1. The number of hydrogen-bond donors (Lipinski definition) is 2. The van der Waals surface area contributed by atoms with Gasteiger partial charge in [-0.15, -0.1) is 13.2 Å². The van der Waals surface area contributed by atoms with Crippen molar-refractivity contribution in [1.82, 2.24) is 15.1 Å². The van der Waals surface area contributed by atoms with Crippen LogP contribution in [0, 0.1) is 0 Å². The molecule has 1 aliphatic heterocycles. The van der Waals surface area contributed by atoms with Crippen LogP contribution in [0.3, 0.4) is 0 Å². The number of carbonyl (C=O) groups is 2. The lowest BCUT2D eigenvalue weighted by Crippen LogP contribution is -2.33. The average Bonchev–Trinajstić information content (AvgIpc) is 3.33. The molecule has 0 unspecified atom stereocenters. The summed E-state index contributed by atoms with van der Waals surface area (Å²) in [5, 5.41) is 11.4. The van der Waals surface area contributed by atoms with Crippen LogP contribution in [0.15, 0.2) is 64.5 Å². The van der Waals surface area contributed by atoms with Gasteiger partial charge in [0.25, 0.3) is 0 Å². The molecule has 2 N–H and O–H groups in total. The number of carboxylic acid groups (broad SMARTS) is 1. The van der Waals surface area contributed by atoms with Crippen molar-refractivity contribution in [3.63, 3.8) is 0 Å². The number of rotatable bonds is 10. The number of halogens is 4. The van der Waals surface area contributed by atoms with Gasteiger partial charge in [0.2, 0.25) is 5.91 Å². The molecule has 0 spiro atoms. The zero-order valence-corrected chi connectivity index (χ0v) is 22.1. The standard InChI is InChI=1S/C24H24ClF3N4O6S/c1-31(14-16-4-6-17(7-5-16)22-30-11-12-32(22)23(34)35)21(33)3-2-10-29-15-39(36,37)20-9-8-18(13-19(20)25)38-24(26,27)28/h2-9,13,29H,10-12,14-15H2,1H3,(H,34,35)/b3-2+. The molecule has 0 saturated heterocycles. The molecule has 10 nitrogen and oxygen atoms in total. The van der Waals surface area contributed by atoms with Crippen molar-refractivity contribution < 1.29 is 41.0 Å². The fourth-order valence-electron chi connectivity index (χ4n) is 3.56. The molecule has 0 bridgehead atoms. The monoisotopic (exact) mass is 588 g/mol. The number of nitrogens with one attached hydrogen (secondary N) is 1. The highest BCUT2D eigenvalue weighted by atomic mass is 35.5. The molecule has 210 valence electrons. The maximum atomic E-state index is 12.5. The third kappa shape index (κ3) is 8.43. The summed E-state index contributed by atoms with van der Waals surface area (Å²) in [5.74, 6) is -1.18. The van der Waals surface area contributed by atoms with Gasteiger partial charge < -0.3 is 14.7 Å². The van der Waals surface area contributed by atoms with Crippen LogP contribution in [0.2, 0.25) is 5.02 Å². The van der Waals surface area contributed by atoms with E-state index in [1.807, 2.05) is 0 Å². The first-order valence-electron chi connectivity index (χ1n) is 11.3. The van der Waals surface area contributed by atoms with E-state index < -0.39 is 38.9 Å². The number of ether oxygens (including phenoxy) is 1. The Kier molecular flexibility index (Phi) is 9.59. The first-order valence-corrected chi connectivity index (χ1v) is 13.3. The lowest BCUT2D eigenvalue weighted by atomic mass is 10.1. The zero-order valence-electron chi connectivity index (χ0n) is 20.5. The number of carbonyl (C=O) groups excluding carboxylic acids is 1. The van der Waals surface area contributed by atoms with E-state index in [-0.39, 0.29) is 23.9 Å². The van der Waals surface area contributed by atoms with Crippen LogP contribution in [-0.2, 0) is 21.2 Å². The van der Waals surface area contributed by atoms with E-state index in [1.54, 1.807) is 31.3 Å². The molecule has 1 heterocycles. The summed E-state index contributed by atoms with van der Waals surface area (Å²) in [6, 6.07) is 9.53. The summed E-state index contributed by atoms with van der Waals surface area (Å²) < 4.78 is 65.6. The van der Waals surface area contributed by atoms with Crippen molar-refractivity contribution >= 4 is 39.3 Å². The van der Waals surface area contributed by atoms with Crippen molar-refractivity contribution in [3.8, 4) is 5.75 Å². The topological polar surface area (TPSA) is 129 Å². The predicted molar refractivity (Wildman–Crippen MR) is 136 cm³/mol. The van der Waals surface area contributed by atoms with Crippen LogP contribution in [0.25, 0.3) is 0 Å². The largest absolute Gasteiger partial charge is 0.573 e. The van der Waals surface area contributed by atoms with E-state index in [1.165, 1.54) is 22.0 Å². The fourth-order valence-corrected chi connectivity index (χ4v) is 5.26. The second-order valence-corrected chi connectivity index (χ2v) is 10.7. The average molecular weight is 589 g/mol. The second kappa shape index (κ2) is 12.5. The molecule has 0 aromatic heterocycles. The van der Waals surface area contributed by atoms with Crippen LogP contribution in [0.1, 0.15) is 11.1 Å². The smallest absolute Gasteiger partial charge is 0.465 e. The first kappa shape index (κ1) is 29.9. The van der Waals surface area contributed by atoms with Crippen LogP contribution in [0.4, 0.5) is 18.0 Å². The maximum Gasteiger partial charge on any atom is 0.573 e. The lowest BCUT2D eigenvalue weighted by molar-refractivity contribution is -0.274. The van der Waals surface area contributed by atoms with Crippen LogP contribution in [0.5, 0.6) is 5.75 Å². The normalized spacial score (nSPS) is 14.0. The molecular formula is C24H24ClF3N4O6S. The Morgan fingerprint density at radius 2 is 1.92 bits per heavy atom. The summed E-state index contributed by atoms with van der Waals surface area (Å²) in [5.41, 5.74) is 1.46. The minimum Gasteiger partial charge on any atom is -0.465 e. The Labute approximate surface area is 227 Å². The van der Waals surface area contributed by atoms with Crippen LogP contribution in [-0.4, -0.2) is 80.1 Å². The number of hydrogen-bond acceptors (Lipinski definition) is 7. The molecule has 0 fully saturated rings. The van der Waals surface area contributed by atoms with E-state index >= 15 is 0 Å². The zero-order chi connectivity index (χ0) is 28.8. The van der Waals surface area contributed by atoms with E-state index in [2.05, 4.69) is 15.0 Å². The second-order valence-electron chi connectivity index (χ2n) is 8.29. The Bertz CT molecular complexity index is 1380. The number of amidine groups is 1. The highest BCUT2D eigenvalue weighted by Crippen LogP contribution is 2.30. The number of nitrogens with zero attached hydrogens (tertiary/aromatic N) is 3. The van der Waals surface area contributed by atoms with Gasteiger partial charge in [-0.1, -0.05) is 41.9 Å². The van der Waals surface area contributed by atoms with E-state index in [0.29, 0.717) is 24.5 Å². The summed E-state index contributed by atoms with van der Waals surface area (Å²) in [6.07, 6.45) is -3.32. The van der Waals surface area contributed by atoms with Crippen molar-refractivity contribution in [2.45, 2.75) is 17.8 Å². The minimum atomic E-state index is -4.94. The minimum absolute atomic E-state index is 0.0165. The van der Waals surface area contributed by atoms with Gasteiger partial charge in [-0.3, -0.25) is 20.0 Å². The van der Waals surface area contributed by atoms with Crippen molar-refractivity contribution in [2.24, 2.45) is 4.99 Å². The van der Waals surface area contributed by atoms with E-state index in [0.717, 1.165) is 23.8 Å². The van der Waals surface area contributed by atoms with Crippen LogP contribution >= 0.6 is 11.6 Å². The Morgan fingerprint density at radius 3 is 2.54 bits per heavy atom. The maximum absolute atomic E-state index is 12.5. The van der Waals surface area contributed by atoms with Gasteiger partial charge in [-0.2, -0.15) is 0 Å². The fraction of sp³-hybridized carbons (Fsp3) is 0.292. The van der Waals surface area contributed by atoms with E-state index in [4.69, 9.17) is 11.6 Å². The summed E-state index contributed by atoms with van der Waals surface area (Å²) >= 11 is 5.84.